The summed E-state index contributed by atoms with van der Waals surface area (Å²) >= 11 is 1.20. The number of imidazole rings is 1. The van der Waals surface area contributed by atoms with Gasteiger partial charge in [0.05, 0.1) is 0 Å². The molecule has 0 N–H and O–H groups in total. The molecule has 0 saturated carbocycles. The van der Waals surface area contributed by atoms with E-state index in [1.165, 1.54) is 10.9 Å². The second kappa shape index (κ2) is 5.44. The van der Waals surface area contributed by atoms with E-state index >= 15 is 0 Å². The molecule has 2 heterocycles. The van der Waals surface area contributed by atoms with Crippen LogP contribution in [0.5, 0.6) is 5.95 Å². The van der Waals surface area contributed by atoms with Crippen LogP contribution in [0.15, 0.2) is 35.3 Å². The molecule has 0 unspecified atom stereocenters. The fourth-order valence-corrected chi connectivity index (χ4v) is 2.45. The normalized spacial score (nSPS) is 10.8. The Hall–Kier alpha value is -0.170. The van der Waals surface area contributed by atoms with Crippen LogP contribution in [0, 0.1) is 0 Å². The van der Waals surface area contributed by atoms with Crippen molar-refractivity contribution in [3.63, 3.8) is 0 Å². The van der Waals surface area contributed by atoms with Crippen LogP contribution < -0.4 is 4.74 Å². The van der Waals surface area contributed by atoms with Gasteiger partial charge in [0.15, 0.2) is 0 Å². The van der Waals surface area contributed by atoms with Gasteiger partial charge in [-0.3, -0.25) is 0 Å². The molecule has 16 heavy (non-hydrogen) atoms. The van der Waals surface area contributed by atoms with Crippen LogP contribution in [0.3, 0.4) is 0 Å². The number of ether oxygens (including phenoxy) is 1. The monoisotopic (exact) mass is 594 g/mol. The Labute approximate surface area is 124 Å². The predicted octanol–water partition coefficient (Wildman–Crippen LogP) is 0.921. The maximum absolute atomic E-state index is 11.8. The summed E-state index contributed by atoms with van der Waals surface area (Å²) in [5.74, 6) is 0.481. The van der Waals surface area contributed by atoms with Crippen LogP contribution >= 0.6 is 0 Å². The number of carbonyl (C=O) groups is 1. The molecule has 0 spiro atoms. The van der Waals surface area contributed by atoms with Gasteiger partial charge in [0, 0.05) is 0 Å². The molecule has 0 amide bonds. The van der Waals surface area contributed by atoms with Crippen LogP contribution in [0.25, 0.3) is 0 Å². The van der Waals surface area contributed by atoms with Gasteiger partial charge in [0.25, 0.3) is 0 Å². The molecule has 74 valence electrons. The van der Waals surface area contributed by atoms with Gasteiger partial charge >= 0.3 is 125 Å². The fraction of sp³-hybridized carbons (Fsp3) is 0.111. The van der Waals surface area contributed by atoms with E-state index in [-0.39, 0.29) is 11.7 Å². The first-order valence-corrected chi connectivity index (χ1v) is 11.0. The van der Waals surface area contributed by atoms with Crippen LogP contribution in [0.2, 0.25) is 0 Å². The van der Waals surface area contributed by atoms with Crippen molar-refractivity contribution < 1.29 is 66.2 Å². The number of furan rings is 1. The molecular weight excluding hydrogens is 585 g/mol. The van der Waals surface area contributed by atoms with Crippen molar-refractivity contribution >= 4 is 5.91 Å². The summed E-state index contributed by atoms with van der Waals surface area (Å²) < 4.78 is 12.6. The summed E-state index contributed by atoms with van der Waals surface area (Å²) in [6.07, 6.45) is 4.58. The molecule has 0 aliphatic rings. The Morgan fingerprint density at radius 3 is 2.94 bits per heavy atom. The van der Waals surface area contributed by atoms with Gasteiger partial charge in [-0.2, -0.15) is 0 Å². The van der Waals surface area contributed by atoms with Crippen molar-refractivity contribution in [2.45, 2.75) is 1.12 Å². The van der Waals surface area contributed by atoms with E-state index < -0.39 is 0 Å². The van der Waals surface area contributed by atoms with Gasteiger partial charge in [-0.05, 0) is 0 Å². The van der Waals surface area contributed by atoms with E-state index in [0.29, 0.717) is 59.3 Å². The molecule has 7 heteroatoms. The first-order chi connectivity index (χ1) is 7.66. The van der Waals surface area contributed by atoms with Crippen molar-refractivity contribution in [1.82, 2.24) is 9.55 Å². The number of nitrogens with zero attached hydrogens (tertiary/aromatic N) is 2. The van der Waals surface area contributed by atoms with Gasteiger partial charge in [0.1, 0.15) is 0 Å². The van der Waals surface area contributed by atoms with E-state index in [0.717, 1.165) is 0 Å². The first-order valence-electron chi connectivity index (χ1n) is 4.62. The summed E-state index contributed by atoms with van der Waals surface area (Å²) in [5.41, 5.74) is 0. The zero-order valence-corrected chi connectivity index (χ0v) is 19.5. The molecule has 0 saturated heterocycles. The zero-order valence-electron chi connectivity index (χ0n) is 8.50. The minimum absolute atomic E-state index is 0.236. The zero-order chi connectivity index (χ0) is 11.5. The third-order valence-electron chi connectivity index (χ3n) is 1.81. The quantitative estimate of drug-likeness (QED) is 0.499. The maximum atomic E-state index is 11.8. The van der Waals surface area contributed by atoms with E-state index in [4.69, 9.17) is 9.15 Å². The number of rotatable bonds is 3. The van der Waals surface area contributed by atoms with E-state index in [1.54, 1.807) is 24.5 Å². The second-order valence-electron chi connectivity index (χ2n) is 3.13. The molecule has 2 aromatic rings. The number of aromatic nitrogens is 2. The summed E-state index contributed by atoms with van der Waals surface area (Å²) in [6.45, 7) is 0. The average Bonchev–Trinajstić information content (AvgIpc) is 2.84. The Morgan fingerprint density at radius 1 is 1.50 bits per heavy atom. The predicted molar refractivity (Wildman–Crippen MR) is 45.1 cm³/mol. The molecule has 5 nitrogen and oxygen atoms in total. The SMILES string of the molecule is O=C(c1ccc(O[CH]([Hg])[Hg])o1)n1ccnc1. The van der Waals surface area contributed by atoms with Crippen molar-refractivity contribution in [3.05, 3.63) is 36.6 Å². The number of hydrogen-bond donors (Lipinski definition) is 0. The van der Waals surface area contributed by atoms with E-state index in [1.807, 2.05) is 0 Å². The van der Waals surface area contributed by atoms with Crippen molar-refractivity contribution in [3.8, 4) is 5.95 Å². The third-order valence-corrected chi connectivity index (χ3v) is 3.11. The molecule has 2 rings (SSSR count). The summed E-state index contributed by atoms with van der Waals surface area (Å²) in [5, 5.41) is 0. The first kappa shape index (κ1) is 12.3. The van der Waals surface area contributed by atoms with Gasteiger partial charge in [0.2, 0.25) is 0 Å². The van der Waals surface area contributed by atoms with E-state index in [2.05, 4.69) is 4.98 Å². The molecule has 0 aliphatic carbocycles. The van der Waals surface area contributed by atoms with Gasteiger partial charge < -0.3 is 0 Å². The van der Waals surface area contributed by atoms with Gasteiger partial charge in [-0.15, -0.1) is 0 Å². The summed E-state index contributed by atoms with van der Waals surface area (Å²) in [6, 6.07) is 3.32. The van der Waals surface area contributed by atoms with Crippen LogP contribution in [-0.4, -0.2) is 16.6 Å². The van der Waals surface area contributed by atoms with Crippen molar-refractivity contribution in [2.75, 3.05) is 0 Å². The van der Waals surface area contributed by atoms with Crippen LogP contribution in [0.1, 0.15) is 10.6 Å². The average molecular weight is 591 g/mol. The second-order valence-corrected chi connectivity index (χ2v) is 27.7. The van der Waals surface area contributed by atoms with Crippen molar-refractivity contribution in [1.29, 1.82) is 0 Å². The Balaban J connectivity index is 2.16. The molecule has 0 atom stereocenters. The third kappa shape index (κ3) is 2.94. The summed E-state index contributed by atoms with van der Waals surface area (Å²) in [4.78, 5) is 15.6. The van der Waals surface area contributed by atoms with E-state index in [9.17, 15) is 4.79 Å². The molecule has 0 aliphatic heterocycles. The molecule has 2 aromatic heterocycles. The minimum atomic E-state index is -0.236. The Morgan fingerprint density at radius 2 is 2.31 bits per heavy atom. The van der Waals surface area contributed by atoms with Crippen molar-refractivity contribution in [2.24, 2.45) is 0 Å². The van der Waals surface area contributed by atoms with Crippen LogP contribution in [0.4, 0.5) is 0 Å². The Bertz CT molecular complexity index is 479. The van der Waals surface area contributed by atoms with Gasteiger partial charge in [-0.25, -0.2) is 0 Å². The molecule has 0 fully saturated rings. The van der Waals surface area contributed by atoms with Gasteiger partial charge in [-0.1, -0.05) is 0 Å². The fourth-order valence-electron chi connectivity index (χ4n) is 1.17. The summed E-state index contributed by atoms with van der Waals surface area (Å²) in [7, 11) is 0. The molecule has 0 bridgehead atoms. The molecule has 0 radical (unpaired) electrons. The molecular formula is C9H6Hg2N2O3. The number of hydrogen-bond acceptors (Lipinski definition) is 4. The molecule has 0 aromatic carbocycles. The topological polar surface area (TPSA) is 57.3 Å². The standard InChI is InChI=1S/C9H6N2O3.2Hg/c1-13-8-3-2-7(14-8)9(12)11-5-4-10-6-11;;/h1-6H;;. The van der Waals surface area contributed by atoms with Crippen LogP contribution in [-0.2, 0) is 52.2 Å². The number of carbonyl (C=O) groups excluding carboxylic acids is 1. The Kier molecular flexibility index (Phi) is 4.18.